The van der Waals surface area contributed by atoms with Crippen LogP contribution >= 0.6 is 0 Å². The van der Waals surface area contributed by atoms with E-state index in [0.29, 0.717) is 0 Å². The molecule has 0 saturated heterocycles. The number of rotatable bonds is 2. The van der Waals surface area contributed by atoms with Gasteiger partial charge in [0.1, 0.15) is 0 Å². The van der Waals surface area contributed by atoms with Crippen LogP contribution < -0.4 is 29.6 Å². The van der Waals surface area contributed by atoms with Crippen molar-refractivity contribution in [1.29, 1.82) is 0 Å². The first-order valence-electron chi connectivity index (χ1n) is 4.51. The first-order chi connectivity index (χ1) is 5.43. The van der Waals surface area contributed by atoms with E-state index in [2.05, 4.69) is 39.5 Å². The number of hydrogen-bond donors (Lipinski definition) is 0. The molecule has 13 heavy (non-hydrogen) atoms. The largest absolute Gasteiger partial charge is 1.00 e. The molecule has 0 heterocycles. The Bertz CT molecular complexity index is 82.6. The summed E-state index contributed by atoms with van der Waals surface area (Å²) in [7, 11) is 0. The van der Waals surface area contributed by atoms with Crippen molar-refractivity contribution in [2.45, 2.75) is 40.2 Å². The molecule has 0 radical (unpaired) electrons. The zero-order valence-corrected chi connectivity index (χ0v) is 12.4. The minimum Gasteiger partial charge on any atom is -0.358 e. The molecule has 0 amide bonds. The molecule has 0 aliphatic carbocycles. The molecule has 0 spiro atoms. The average Bonchev–Trinajstić information content (AvgIpc) is 1.88. The van der Waals surface area contributed by atoms with Gasteiger partial charge in [0.2, 0.25) is 0 Å². The van der Waals surface area contributed by atoms with E-state index in [0.717, 1.165) is 13.1 Å². The van der Waals surface area contributed by atoms with Crippen LogP contribution in [0.25, 0.3) is 0 Å². The minimum absolute atomic E-state index is 0. The van der Waals surface area contributed by atoms with Gasteiger partial charge in [-0.2, -0.15) is 13.8 Å². The third-order valence-corrected chi connectivity index (χ3v) is 1.49. The van der Waals surface area contributed by atoms with E-state index < -0.39 is 0 Å². The summed E-state index contributed by atoms with van der Waals surface area (Å²) in [6.07, 6.45) is 2.00. The first kappa shape index (κ1) is 19.5. The van der Waals surface area contributed by atoms with Crippen LogP contribution in [0.2, 0.25) is 0 Å². The summed E-state index contributed by atoms with van der Waals surface area (Å²) in [5.74, 6) is 0. The molecule has 0 aliphatic rings. The summed E-state index contributed by atoms with van der Waals surface area (Å²) in [6.45, 7) is 19.8. The SMILES string of the molecule is C[CH-]C.[CH2-]CN(C[CH2-])C(C)(C)C.[Na+]. The van der Waals surface area contributed by atoms with E-state index in [1.54, 1.807) is 0 Å². The molecule has 0 aromatic carbocycles. The van der Waals surface area contributed by atoms with E-state index in [9.17, 15) is 0 Å². The van der Waals surface area contributed by atoms with Gasteiger partial charge in [-0.25, -0.2) is 0 Å². The summed E-state index contributed by atoms with van der Waals surface area (Å²) in [6, 6.07) is 0. The van der Waals surface area contributed by atoms with Crippen LogP contribution in [-0.2, 0) is 0 Å². The van der Waals surface area contributed by atoms with Gasteiger partial charge in [-0.15, -0.1) is 13.1 Å². The fraction of sp³-hybridized carbons (Fsp3) is 0.727. The summed E-state index contributed by atoms with van der Waals surface area (Å²) < 4.78 is 0. The van der Waals surface area contributed by atoms with Crippen molar-refractivity contribution in [3.05, 3.63) is 20.3 Å². The summed E-state index contributed by atoms with van der Waals surface area (Å²) in [5.41, 5.74) is 0.226. The standard InChI is InChI=1S/C8H17N.C3H7.Na/c1-6-9(7-2)8(3,4)5;1-3-2;/h1-2,6-7H2,3-5H3;3H,1-2H3;/q-2;-1;+1. The Labute approximate surface area is 108 Å². The molecular weight excluding hydrogens is 169 g/mol. The maximum Gasteiger partial charge on any atom is 1.00 e. The molecule has 76 valence electrons. The topological polar surface area (TPSA) is 3.24 Å². The fourth-order valence-electron chi connectivity index (χ4n) is 0.783. The van der Waals surface area contributed by atoms with Crippen LogP contribution in [0.15, 0.2) is 0 Å². The second-order valence-electron chi connectivity index (χ2n) is 3.74. The Morgan fingerprint density at radius 1 is 1.08 bits per heavy atom. The monoisotopic (exact) mass is 193 g/mol. The Morgan fingerprint density at radius 2 is 1.31 bits per heavy atom. The van der Waals surface area contributed by atoms with Crippen molar-refractivity contribution in [3.8, 4) is 0 Å². The van der Waals surface area contributed by atoms with Crippen molar-refractivity contribution in [3.63, 3.8) is 0 Å². The van der Waals surface area contributed by atoms with Crippen LogP contribution in [0.4, 0.5) is 0 Å². The third kappa shape index (κ3) is 13.0. The van der Waals surface area contributed by atoms with Gasteiger partial charge in [0.05, 0.1) is 0 Å². The van der Waals surface area contributed by atoms with Gasteiger partial charge in [-0.05, 0) is 20.8 Å². The maximum atomic E-state index is 3.81. The average molecular weight is 193 g/mol. The zero-order valence-electron chi connectivity index (χ0n) is 10.4. The van der Waals surface area contributed by atoms with Crippen molar-refractivity contribution in [2.24, 2.45) is 0 Å². The van der Waals surface area contributed by atoms with E-state index in [1.807, 2.05) is 20.3 Å². The predicted molar refractivity (Wildman–Crippen MR) is 57.7 cm³/mol. The molecular formula is C11H24NNa-2. The molecule has 0 N–H and O–H groups in total. The normalized spacial score (nSPS) is 10.2. The van der Waals surface area contributed by atoms with Crippen LogP contribution in [0.3, 0.4) is 0 Å². The quantitative estimate of drug-likeness (QED) is 0.440. The number of nitrogens with zero attached hydrogens (tertiary/aromatic N) is 1. The van der Waals surface area contributed by atoms with Crippen molar-refractivity contribution in [1.82, 2.24) is 4.90 Å². The van der Waals surface area contributed by atoms with Crippen molar-refractivity contribution >= 4 is 0 Å². The Balaban J connectivity index is -0.000000220. The molecule has 0 bridgehead atoms. The summed E-state index contributed by atoms with van der Waals surface area (Å²) >= 11 is 0. The van der Waals surface area contributed by atoms with Crippen LogP contribution in [-0.4, -0.2) is 23.5 Å². The van der Waals surface area contributed by atoms with E-state index >= 15 is 0 Å². The summed E-state index contributed by atoms with van der Waals surface area (Å²) in [4.78, 5) is 2.22. The van der Waals surface area contributed by atoms with Crippen LogP contribution in [0.5, 0.6) is 0 Å². The van der Waals surface area contributed by atoms with Crippen molar-refractivity contribution < 1.29 is 29.6 Å². The fourth-order valence-corrected chi connectivity index (χ4v) is 0.783. The van der Waals surface area contributed by atoms with E-state index in [4.69, 9.17) is 0 Å². The molecule has 2 heteroatoms. The number of hydrogen-bond acceptors (Lipinski definition) is 1. The Morgan fingerprint density at radius 3 is 1.31 bits per heavy atom. The van der Waals surface area contributed by atoms with Gasteiger partial charge in [0.25, 0.3) is 0 Å². The van der Waals surface area contributed by atoms with Gasteiger partial charge in [0.15, 0.2) is 0 Å². The Kier molecular flexibility index (Phi) is 16.6. The molecule has 0 rings (SSSR count). The molecule has 0 aliphatic heterocycles. The smallest absolute Gasteiger partial charge is 0.358 e. The van der Waals surface area contributed by atoms with Gasteiger partial charge < -0.3 is 25.2 Å². The molecule has 0 fully saturated rings. The second kappa shape index (κ2) is 11.0. The third-order valence-electron chi connectivity index (χ3n) is 1.49. The maximum absolute atomic E-state index is 3.81. The van der Waals surface area contributed by atoms with Crippen LogP contribution in [0, 0.1) is 20.3 Å². The molecule has 0 aromatic rings. The van der Waals surface area contributed by atoms with E-state index in [1.165, 1.54) is 0 Å². The minimum atomic E-state index is 0. The molecule has 0 unspecified atom stereocenters. The molecule has 0 saturated carbocycles. The summed E-state index contributed by atoms with van der Waals surface area (Å²) in [5, 5.41) is 0. The Hall–Kier alpha value is 0.960. The van der Waals surface area contributed by atoms with Crippen LogP contribution in [0.1, 0.15) is 34.6 Å². The first-order valence-corrected chi connectivity index (χ1v) is 4.51. The van der Waals surface area contributed by atoms with Gasteiger partial charge in [-0.3, -0.25) is 0 Å². The molecule has 1 nitrogen and oxygen atoms in total. The van der Waals surface area contributed by atoms with Gasteiger partial charge in [-0.1, -0.05) is 0 Å². The van der Waals surface area contributed by atoms with Crippen molar-refractivity contribution in [2.75, 3.05) is 13.1 Å². The molecule has 0 atom stereocenters. The second-order valence-corrected chi connectivity index (χ2v) is 3.74. The predicted octanol–water partition coefficient (Wildman–Crippen LogP) is -0.0104. The van der Waals surface area contributed by atoms with Gasteiger partial charge >= 0.3 is 29.6 Å². The van der Waals surface area contributed by atoms with Gasteiger partial charge in [0, 0.05) is 5.54 Å². The zero-order chi connectivity index (χ0) is 10.2. The van der Waals surface area contributed by atoms with E-state index in [-0.39, 0.29) is 35.1 Å². The molecule has 0 aromatic heterocycles.